The molecule has 2 aromatic carbocycles. The van der Waals surface area contributed by atoms with Gasteiger partial charge in [-0.05, 0) is 49.4 Å². The minimum atomic E-state index is -2.76. The fourth-order valence-electron chi connectivity index (χ4n) is 5.88. The Morgan fingerprint density at radius 3 is 2.60 bits per heavy atom. The van der Waals surface area contributed by atoms with Crippen molar-refractivity contribution in [1.29, 1.82) is 0 Å². The van der Waals surface area contributed by atoms with Crippen molar-refractivity contribution in [2.75, 3.05) is 51.4 Å². The lowest BCUT2D eigenvalue weighted by atomic mass is 10.0. The number of hydrogen-bond donors (Lipinski definition) is 0. The van der Waals surface area contributed by atoms with E-state index in [1.165, 1.54) is 4.57 Å². The first kappa shape index (κ1) is 28.0. The maximum atomic E-state index is 14.1. The summed E-state index contributed by atoms with van der Waals surface area (Å²) in [5, 5.41) is 0. The molecule has 1 atom stereocenters. The molecule has 2 fully saturated rings. The number of amides is 1. The topological polar surface area (TPSA) is 85.6 Å². The first-order valence-electron chi connectivity index (χ1n) is 14.4. The maximum Gasteiger partial charge on any atom is 0.296 e. The van der Waals surface area contributed by atoms with Gasteiger partial charge in [0, 0.05) is 38.7 Å². The second-order valence-electron chi connectivity index (χ2n) is 10.7. The number of halogens is 2. The predicted octanol–water partition coefficient (Wildman–Crippen LogP) is 5.08. The number of aryl methyl sites for hydroxylation is 1. The molecule has 11 heteroatoms. The number of imidazole rings is 1. The van der Waals surface area contributed by atoms with E-state index in [4.69, 9.17) is 19.4 Å². The van der Waals surface area contributed by atoms with E-state index in [-0.39, 0.29) is 11.7 Å². The molecule has 220 valence electrons. The van der Waals surface area contributed by atoms with Gasteiger partial charge in [0.25, 0.3) is 12.3 Å². The Balaban J connectivity index is 1.20. The number of ether oxygens (including phenoxy) is 2. The Hall–Kier alpha value is -4.12. The molecule has 1 unspecified atom stereocenters. The standard InChI is InChI=1S/C31H34F2N6O3/c1-41-25-11-5-2-8-22(25)31(40)38-14-13-21(20-38)7-6-12-26-35-27(37-15-17-42-18-16-37)19-28(36-26)39-24-10-4-3-9-23(24)34-30(39)29(32)33/h2-5,8-11,19,21,29H,6-7,12-18,20H2,1H3. The molecule has 0 radical (unpaired) electrons. The number of hydrogen-bond acceptors (Lipinski definition) is 7. The quantitative estimate of drug-likeness (QED) is 0.275. The number of carbonyl (C=O) groups is 1. The van der Waals surface area contributed by atoms with Gasteiger partial charge < -0.3 is 19.3 Å². The number of aromatic nitrogens is 4. The third-order valence-electron chi connectivity index (χ3n) is 8.01. The molecule has 1 amide bonds. The highest BCUT2D eigenvalue weighted by molar-refractivity contribution is 5.97. The van der Waals surface area contributed by atoms with Crippen LogP contribution in [0.15, 0.2) is 54.6 Å². The van der Waals surface area contributed by atoms with Crippen molar-refractivity contribution in [3.05, 3.63) is 71.8 Å². The first-order chi connectivity index (χ1) is 20.5. The summed E-state index contributed by atoms with van der Waals surface area (Å²) in [5.74, 6) is 2.30. The van der Waals surface area contributed by atoms with Crippen molar-refractivity contribution in [1.82, 2.24) is 24.4 Å². The number of morpholine rings is 1. The number of fused-ring (bicyclic) bond motifs is 1. The van der Waals surface area contributed by atoms with Crippen molar-refractivity contribution >= 4 is 22.8 Å². The summed E-state index contributed by atoms with van der Waals surface area (Å²) in [7, 11) is 1.57. The summed E-state index contributed by atoms with van der Waals surface area (Å²) in [4.78, 5) is 31.0. The number of para-hydroxylation sites is 3. The fraction of sp³-hybridized carbons (Fsp3) is 0.419. The molecular formula is C31H34F2N6O3. The van der Waals surface area contributed by atoms with Crippen LogP contribution in [-0.2, 0) is 11.2 Å². The van der Waals surface area contributed by atoms with Gasteiger partial charge in [0.15, 0.2) is 5.82 Å². The maximum absolute atomic E-state index is 14.1. The molecule has 2 aliphatic heterocycles. The average Bonchev–Trinajstić information content (AvgIpc) is 3.66. The van der Waals surface area contributed by atoms with E-state index in [1.807, 2.05) is 23.1 Å². The normalized spacial score (nSPS) is 17.4. The zero-order chi connectivity index (χ0) is 29.1. The van der Waals surface area contributed by atoms with Crippen LogP contribution in [0.2, 0.25) is 0 Å². The molecule has 0 aliphatic carbocycles. The summed E-state index contributed by atoms with van der Waals surface area (Å²) in [6, 6.07) is 16.2. The summed E-state index contributed by atoms with van der Waals surface area (Å²) in [6.45, 7) is 3.89. The van der Waals surface area contributed by atoms with Gasteiger partial charge in [-0.15, -0.1) is 0 Å². The zero-order valence-corrected chi connectivity index (χ0v) is 23.6. The molecule has 42 heavy (non-hydrogen) atoms. The summed E-state index contributed by atoms with van der Waals surface area (Å²) >= 11 is 0. The Labute approximate surface area is 243 Å². The Morgan fingerprint density at radius 2 is 1.79 bits per heavy atom. The lowest BCUT2D eigenvalue weighted by Crippen LogP contribution is -2.37. The van der Waals surface area contributed by atoms with E-state index in [0.717, 1.165) is 19.3 Å². The van der Waals surface area contributed by atoms with E-state index in [2.05, 4.69) is 9.88 Å². The van der Waals surface area contributed by atoms with Gasteiger partial charge in [0.1, 0.15) is 23.2 Å². The number of anilines is 1. The van der Waals surface area contributed by atoms with Crippen molar-refractivity contribution < 1.29 is 23.0 Å². The van der Waals surface area contributed by atoms with Gasteiger partial charge >= 0.3 is 0 Å². The van der Waals surface area contributed by atoms with Crippen LogP contribution in [0.5, 0.6) is 5.75 Å². The largest absolute Gasteiger partial charge is 0.496 e. The molecule has 4 heterocycles. The van der Waals surface area contributed by atoms with Crippen molar-refractivity contribution in [3.8, 4) is 11.6 Å². The van der Waals surface area contributed by atoms with Crippen molar-refractivity contribution in [2.45, 2.75) is 32.1 Å². The van der Waals surface area contributed by atoms with E-state index in [9.17, 15) is 13.6 Å². The molecule has 9 nitrogen and oxygen atoms in total. The second-order valence-corrected chi connectivity index (χ2v) is 10.7. The predicted molar refractivity (Wildman–Crippen MR) is 155 cm³/mol. The summed E-state index contributed by atoms with van der Waals surface area (Å²) in [6.07, 6.45) is 0.497. The van der Waals surface area contributed by atoms with E-state index in [1.54, 1.807) is 43.5 Å². The average molecular weight is 577 g/mol. The van der Waals surface area contributed by atoms with Crippen molar-refractivity contribution in [3.63, 3.8) is 0 Å². The van der Waals surface area contributed by atoms with Crippen LogP contribution in [-0.4, -0.2) is 76.8 Å². The monoisotopic (exact) mass is 576 g/mol. The summed E-state index contributed by atoms with van der Waals surface area (Å²) < 4.78 is 40.6. The number of benzene rings is 2. The van der Waals surface area contributed by atoms with Crippen molar-refractivity contribution in [2.24, 2.45) is 5.92 Å². The van der Waals surface area contributed by atoms with Gasteiger partial charge in [-0.3, -0.25) is 9.36 Å². The number of nitrogens with zero attached hydrogens (tertiary/aromatic N) is 6. The molecular weight excluding hydrogens is 542 g/mol. The minimum Gasteiger partial charge on any atom is -0.496 e. The molecule has 0 N–H and O–H groups in total. The second kappa shape index (κ2) is 12.4. The molecule has 0 saturated carbocycles. The van der Waals surface area contributed by atoms with Crippen LogP contribution in [0.4, 0.5) is 14.6 Å². The minimum absolute atomic E-state index is 0.0106. The molecule has 4 aromatic rings. The van der Waals surface area contributed by atoms with E-state index >= 15 is 0 Å². The third-order valence-corrected chi connectivity index (χ3v) is 8.01. The molecule has 6 rings (SSSR count). The smallest absolute Gasteiger partial charge is 0.296 e. The highest BCUT2D eigenvalue weighted by atomic mass is 19.3. The molecule has 0 bridgehead atoms. The number of methoxy groups -OCH3 is 1. The lowest BCUT2D eigenvalue weighted by Gasteiger charge is -2.28. The highest BCUT2D eigenvalue weighted by Gasteiger charge is 2.28. The number of likely N-dealkylation sites (tertiary alicyclic amines) is 1. The first-order valence-corrected chi connectivity index (χ1v) is 14.4. The number of alkyl halides is 2. The van der Waals surface area contributed by atoms with Crippen LogP contribution >= 0.6 is 0 Å². The zero-order valence-electron chi connectivity index (χ0n) is 23.6. The van der Waals surface area contributed by atoms with Crippen LogP contribution in [0.3, 0.4) is 0 Å². The Bertz CT molecular complexity index is 1550. The van der Waals surface area contributed by atoms with Crippen LogP contribution in [0, 0.1) is 5.92 Å². The SMILES string of the molecule is COc1ccccc1C(=O)N1CCC(CCCc2nc(N3CCOCC3)cc(-n3c(C(F)F)nc4ccccc43)n2)C1. The number of rotatable bonds is 9. The van der Waals surface area contributed by atoms with Gasteiger partial charge in [-0.25, -0.2) is 23.7 Å². The van der Waals surface area contributed by atoms with Gasteiger partial charge in [-0.2, -0.15) is 0 Å². The van der Waals surface area contributed by atoms with Gasteiger partial charge in [-0.1, -0.05) is 24.3 Å². The van der Waals surface area contributed by atoms with Crippen LogP contribution in [0.1, 0.15) is 47.7 Å². The lowest BCUT2D eigenvalue weighted by molar-refractivity contribution is 0.0783. The Morgan fingerprint density at radius 1 is 1.02 bits per heavy atom. The fourth-order valence-corrected chi connectivity index (χ4v) is 5.88. The van der Waals surface area contributed by atoms with E-state index in [0.29, 0.717) is 91.5 Å². The van der Waals surface area contributed by atoms with Crippen LogP contribution in [0.25, 0.3) is 16.9 Å². The summed E-state index contributed by atoms with van der Waals surface area (Å²) in [5.41, 5.74) is 1.65. The van der Waals surface area contributed by atoms with Crippen LogP contribution < -0.4 is 9.64 Å². The molecule has 2 aliphatic rings. The molecule has 2 saturated heterocycles. The van der Waals surface area contributed by atoms with Gasteiger partial charge in [0.2, 0.25) is 0 Å². The molecule has 2 aromatic heterocycles. The van der Waals surface area contributed by atoms with Gasteiger partial charge in [0.05, 0.1) is 36.9 Å². The Kier molecular flexibility index (Phi) is 8.27. The van der Waals surface area contributed by atoms with E-state index < -0.39 is 6.43 Å². The number of carbonyl (C=O) groups excluding carboxylic acids is 1. The molecule has 0 spiro atoms. The highest BCUT2D eigenvalue weighted by Crippen LogP contribution is 2.30. The third kappa shape index (κ3) is 5.78.